The molecule has 3 aliphatic carbocycles. The highest BCUT2D eigenvalue weighted by Gasteiger charge is 2.30. The Bertz CT molecular complexity index is 310. The second-order valence-corrected chi connectivity index (χ2v) is 3.50. The van der Waals surface area contributed by atoms with E-state index < -0.39 is 0 Å². The second-order valence-electron chi connectivity index (χ2n) is 3.50. The van der Waals surface area contributed by atoms with E-state index in [2.05, 4.69) is 22.1 Å². The topological polar surface area (TPSA) is 25.8 Å². The van der Waals surface area contributed by atoms with Crippen LogP contribution >= 0.6 is 0 Å². The van der Waals surface area contributed by atoms with E-state index in [9.17, 15) is 0 Å². The third-order valence-electron chi connectivity index (χ3n) is 2.82. The molecule has 2 bridgehead atoms. The van der Waals surface area contributed by atoms with E-state index in [0.29, 0.717) is 11.8 Å². The Morgan fingerprint density at radius 1 is 0.917 bits per heavy atom. The summed E-state index contributed by atoms with van der Waals surface area (Å²) < 4.78 is 0. The molecular formula is C10H10N2. The SMILES string of the molecule is C1=C[C@H]2CC[C@@H]1c1nccnc12. The van der Waals surface area contributed by atoms with E-state index in [1.165, 1.54) is 24.2 Å². The maximum absolute atomic E-state index is 4.39. The smallest absolute Gasteiger partial charge is 0.0693 e. The summed E-state index contributed by atoms with van der Waals surface area (Å²) in [6, 6.07) is 0. The van der Waals surface area contributed by atoms with Gasteiger partial charge in [-0.2, -0.15) is 0 Å². The number of fused-ring (bicyclic) bond motifs is 1. The van der Waals surface area contributed by atoms with Crippen molar-refractivity contribution in [3.05, 3.63) is 35.9 Å². The predicted octanol–water partition coefficient (Wildman–Crippen LogP) is 2.01. The summed E-state index contributed by atoms with van der Waals surface area (Å²) in [6.07, 6.45) is 10.7. The minimum atomic E-state index is 0.554. The summed E-state index contributed by atoms with van der Waals surface area (Å²) in [4.78, 5) is 8.78. The van der Waals surface area contributed by atoms with Crippen LogP contribution in [0.15, 0.2) is 24.5 Å². The largest absolute Gasteiger partial charge is 0.257 e. The summed E-state index contributed by atoms with van der Waals surface area (Å²) >= 11 is 0. The van der Waals surface area contributed by atoms with Gasteiger partial charge in [0.1, 0.15) is 0 Å². The molecule has 4 rings (SSSR count). The first-order valence-electron chi connectivity index (χ1n) is 4.44. The van der Waals surface area contributed by atoms with Gasteiger partial charge in [-0.1, -0.05) is 12.2 Å². The van der Waals surface area contributed by atoms with Crippen molar-refractivity contribution in [2.45, 2.75) is 24.7 Å². The summed E-state index contributed by atoms with van der Waals surface area (Å²) in [5, 5.41) is 0. The molecule has 2 heteroatoms. The normalized spacial score (nSPS) is 30.3. The zero-order chi connectivity index (χ0) is 7.97. The predicted molar refractivity (Wildman–Crippen MR) is 45.9 cm³/mol. The average Bonchev–Trinajstić information content (AvgIpc) is 2.20. The fourth-order valence-corrected chi connectivity index (χ4v) is 2.21. The Hall–Kier alpha value is -1.18. The Balaban J connectivity index is 2.24. The van der Waals surface area contributed by atoms with Crippen LogP contribution in [0.5, 0.6) is 0 Å². The van der Waals surface area contributed by atoms with Gasteiger partial charge in [-0.15, -0.1) is 0 Å². The van der Waals surface area contributed by atoms with Gasteiger partial charge in [0.25, 0.3) is 0 Å². The van der Waals surface area contributed by atoms with Gasteiger partial charge in [0.15, 0.2) is 0 Å². The molecular weight excluding hydrogens is 148 g/mol. The van der Waals surface area contributed by atoms with Crippen molar-refractivity contribution < 1.29 is 0 Å². The Morgan fingerprint density at radius 3 is 1.83 bits per heavy atom. The van der Waals surface area contributed by atoms with Crippen LogP contribution in [0.25, 0.3) is 0 Å². The van der Waals surface area contributed by atoms with Gasteiger partial charge >= 0.3 is 0 Å². The molecule has 0 saturated carbocycles. The summed E-state index contributed by atoms with van der Waals surface area (Å²) in [5.41, 5.74) is 2.44. The minimum Gasteiger partial charge on any atom is -0.257 e. The van der Waals surface area contributed by atoms with Gasteiger partial charge in [0, 0.05) is 24.2 Å². The van der Waals surface area contributed by atoms with Crippen LogP contribution in [0, 0.1) is 0 Å². The molecule has 2 atom stereocenters. The lowest BCUT2D eigenvalue weighted by Gasteiger charge is -2.30. The second kappa shape index (κ2) is 2.16. The first-order valence-corrected chi connectivity index (χ1v) is 4.44. The van der Waals surface area contributed by atoms with Crippen LogP contribution in [-0.4, -0.2) is 9.97 Å². The number of aromatic nitrogens is 2. The third-order valence-corrected chi connectivity index (χ3v) is 2.82. The summed E-state index contributed by atoms with van der Waals surface area (Å²) in [7, 11) is 0. The molecule has 0 radical (unpaired) electrons. The average molecular weight is 158 g/mol. The lowest BCUT2D eigenvalue weighted by molar-refractivity contribution is 0.526. The van der Waals surface area contributed by atoms with E-state index >= 15 is 0 Å². The number of hydrogen-bond donors (Lipinski definition) is 0. The van der Waals surface area contributed by atoms with E-state index in [1.807, 2.05) is 0 Å². The Kier molecular flexibility index (Phi) is 1.14. The quantitative estimate of drug-likeness (QED) is 0.540. The Labute approximate surface area is 71.4 Å². The first kappa shape index (κ1) is 6.35. The molecule has 60 valence electrons. The molecule has 1 heterocycles. The van der Waals surface area contributed by atoms with Crippen molar-refractivity contribution in [3.63, 3.8) is 0 Å². The highest BCUT2D eigenvalue weighted by atomic mass is 14.8. The van der Waals surface area contributed by atoms with E-state index in [1.54, 1.807) is 12.4 Å². The minimum absolute atomic E-state index is 0.554. The van der Waals surface area contributed by atoms with Crippen molar-refractivity contribution in [2.24, 2.45) is 0 Å². The van der Waals surface area contributed by atoms with Crippen LogP contribution in [0.3, 0.4) is 0 Å². The Morgan fingerprint density at radius 2 is 1.42 bits per heavy atom. The number of rotatable bonds is 0. The lowest BCUT2D eigenvalue weighted by atomic mass is 9.76. The molecule has 0 spiro atoms. The van der Waals surface area contributed by atoms with Crippen molar-refractivity contribution in [2.75, 3.05) is 0 Å². The number of hydrogen-bond acceptors (Lipinski definition) is 2. The molecule has 2 nitrogen and oxygen atoms in total. The molecule has 0 amide bonds. The van der Waals surface area contributed by atoms with Crippen LogP contribution in [0.1, 0.15) is 36.1 Å². The van der Waals surface area contributed by atoms with Crippen LogP contribution in [0.2, 0.25) is 0 Å². The fourth-order valence-electron chi connectivity index (χ4n) is 2.21. The maximum atomic E-state index is 4.39. The van der Waals surface area contributed by atoms with E-state index in [4.69, 9.17) is 0 Å². The molecule has 12 heavy (non-hydrogen) atoms. The van der Waals surface area contributed by atoms with Gasteiger partial charge in [-0.05, 0) is 12.8 Å². The van der Waals surface area contributed by atoms with Gasteiger partial charge < -0.3 is 0 Å². The summed E-state index contributed by atoms with van der Waals surface area (Å²) in [5.74, 6) is 1.11. The molecule has 0 unspecified atom stereocenters. The third kappa shape index (κ3) is 0.697. The summed E-state index contributed by atoms with van der Waals surface area (Å²) in [6.45, 7) is 0. The van der Waals surface area contributed by atoms with E-state index in [-0.39, 0.29) is 0 Å². The number of nitrogens with zero attached hydrogens (tertiary/aromatic N) is 2. The fraction of sp³-hybridized carbons (Fsp3) is 0.400. The van der Waals surface area contributed by atoms with E-state index in [0.717, 1.165) is 0 Å². The van der Waals surface area contributed by atoms with Crippen LogP contribution in [0.4, 0.5) is 0 Å². The molecule has 0 aromatic carbocycles. The zero-order valence-electron chi connectivity index (χ0n) is 6.77. The molecule has 1 aromatic rings. The van der Waals surface area contributed by atoms with Gasteiger partial charge in [0.2, 0.25) is 0 Å². The van der Waals surface area contributed by atoms with Crippen LogP contribution in [-0.2, 0) is 0 Å². The first-order chi connectivity index (χ1) is 5.95. The molecule has 0 aliphatic heterocycles. The highest BCUT2D eigenvalue weighted by molar-refractivity contribution is 5.35. The highest BCUT2D eigenvalue weighted by Crippen LogP contribution is 2.42. The lowest BCUT2D eigenvalue weighted by Crippen LogP contribution is -2.19. The van der Waals surface area contributed by atoms with Crippen LogP contribution < -0.4 is 0 Å². The molecule has 0 saturated heterocycles. The van der Waals surface area contributed by atoms with Gasteiger partial charge in [-0.3, -0.25) is 9.97 Å². The molecule has 0 fully saturated rings. The molecule has 3 aliphatic rings. The zero-order valence-corrected chi connectivity index (χ0v) is 6.77. The van der Waals surface area contributed by atoms with Crippen molar-refractivity contribution in [3.8, 4) is 0 Å². The molecule has 0 N–H and O–H groups in total. The van der Waals surface area contributed by atoms with Gasteiger partial charge in [-0.25, -0.2) is 0 Å². The molecule has 1 aromatic heterocycles. The maximum Gasteiger partial charge on any atom is 0.0693 e. The number of allylic oxidation sites excluding steroid dienone is 2. The van der Waals surface area contributed by atoms with Crippen molar-refractivity contribution in [1.29, 1.82) is 0 Å². The van der Waals surface area contributed by atoms with Gasteiger partial charge in [0.05, 0.1) is 11.4 Å². The van der Waals surface area contributed by atoms with Crippen molar-refractivity contribution >= 4 is 0 Å². The monoisotopic (exact) mass is 158 g/mol. The standard InChI is InChI=1S/C10H10N2/c1-2-8-4-3-7(1)9-10(8)12-6-5-11-9/h1-2,5-8H,3-4H2/t7-,8+. The van der Waals surface area contributed by atoms with Crippen molar-refractivity contribution in [1.82, 2.24) is 9.97 Å².